The number of carbonyl (C=O) groups is 2. The number of aryl methyl sites for hydroxylation is 2. The highest BCUT2D eigenvalue weighted by molar-refractivity contribution is 7.86. The van der Waals surface area contributed by atoms with E-state index in [2.05, 4.69) is 21.7 Å². The molecule has 0 radical (unpaired) electrons. The van der Waals surface area contributed by atoms with Crippen LogP contribution in [0, 0.1) is 20.8 Å². The molecular formula is C34H45ClN6O8S. The number of nitrogens with zero attached hydrogens (tertiary/aromatic N) is 5. The number of halogens is 1. The van der Waals surface area contributed by atoms with Crippen LogP contribution in [0.25, 0.3) is 0 Å². The number of rotatable bonds is 11. The van der Waals surface area contributed by atoms with Crippen LogP contribution in [0.5, 0.6) is 5.75 Å². The van der Waals surface area contributed by atoms with E-state index in [1.165, 1.54) is 16.8 Å². The molecule has 50 heavy (non-hydrogen) atoms. The van der Waals surface area contributed by atoms with E-state index in [9.17, 15) is 18.0 Å². The van der Waals surface area contributed by atoms with E-state index in [-0.39, 0.29) is 46.7 Å². The van der Waals surface area contributed by atoms with Gasteiger partial charge in [-0.25, -0.2) is 19.3 Å². The first-order valence-electron chi connectivity index (χ1n) is 15.5. The molecule has 0 bridgehead atoms. The average Bonchev–Trinajstić information content (AvgIpc) is 3.27. The van der Waals surface area contributed by atoms with Crippen molar-refractivity contribution in [2.75, 3.05) is 19.5 Å². The number of amides is 2. The highest BCUT2D eigenvalue weighted by Crippen LogP contribution is 2.28. The summed E-state index contributed by atoms with van der Waals surface area (Å²) in [6, 6.07) is 6.22. The Kier molecular flexibility index (Phi) is 12.5. The quantitative estimate of drug-likeness (QED) is 0.170. The molecule has 0 saturated carbocycles. The Labute approximate surface area is 298 Å². The van der Waals surface area contributed by atoms with E-state index in [1.807, 2.05) is 20.8 Å². The smallest absolute Gasteiger partial charge is 0.425 e. The summed E-state index contributed by atoms with van der Waals surface area (Å²) in [4.78, 5) is 35.6. The van der Waals surface area contributed by atoms with Crippen LogP contribution in [0.3, 0.4) is 0 Å². The Bertz CT molecular complexity index is 1860. The van der Waals surface area contributed by atoms with E-state index < -0.39 is 39.3 Å². The van der Waals surface area contributed by atoms with Crippen molar-refractivity contribution in [2.24, 2.45) is 4.99 Å². The molecule has 0 aliphatic carbocycles. The number of aliphatic imine (C=N–C) groups is 1. The first-order valence-corrected chi connectivity index (χ1v) is 17.3. The summed E-state index contributed by atoms with van der Waals surface area (Å²) < 4.78 is 48.9. The fourth-order valence-corrected chi connectivity index (χ4v) is 5.77. The predicted molar refractivity (Wildman–Crippen MR) is 190 cm³/mol. The van der Waals surface area contributed by atoms with Crippen LogP contribution in [0.4, 0.5) is 15.4 Å². The Morgan fingerprint density at radius 3 is 2.08 bits per heavy atom. The Hall–Kier alpha value is -4.47. The summed E-state index contributed by atoms with van der Waals surface area (Å²) >= 11 is 6.76. The minimum atomic E-state index is -4.11. The van der Waals surface area contributed by atoms with E-state index in [1.54, 1.807) is 67.0 Å². The Morgan fingerprint density at radius 2 is 1.56 bits per heavy atom. The third kappa shape index (κ3) is 10.3. The van der Waals surface area contributed by atoms with Crippen LogP contribution in [-0.2, 0) is 36.7 Å². The number of hydrogen-bond acceptors (Lipinski definition) is 12. The maximum Gasteiger partial charge on any atom is 0.425 e. The first-order chi connectivity index (χ1) is 23.0. The SMILES string of the molecule is C=C(/N=C(/Cl)c1c(CCOS(=O)(=O)c2ccc(C)cc2)nn(Cc2ncc(C)c(OC)c2C)c1N)N(C(=O)OC(C)(C)C)C(=O)OC(C)(C)C. The second-order valence-corrected chi connectivity index (χ2v) is 15.3. The normalized spacial score (nSPS) is 12.4. The summed E-state index contributed by atoms with van der Waals surface area (Å²) in [5, 5.41) is 4.31. The summed E-state index contributed by atoms with van der Waals surface area (Å²) in [5.74, 6) is 0.247. The molecule has 16 heteroatoms. The topological polar surface area (TPSA) is 178 Å². The average molecular weight is 733 g/mol. The van der Waals surface area contributed by atoms with E-state index in [0.717, 1.165) is 16.7 Å². The van der Waals surface area contributed by atoms with Gasteiger partial charge in [0.05, 0.1) is 42.1 Å². The van der Waals surface area contributed by atoms with Crippen LogP contribution in [0.15, 0.2) is 52.8 Å². The van der Waals surface area contributed by atoms with Crippen LogP contribution in [-0.4, -0.2) is 70.4 Å². The lowest BCUT2D eigenvalue weighted by atomic mass is 10.1. The van der Waals surface area contributed by atoms with Gasteiger partial charge in [0.25, 0.3) is 10.1 Å². The van der Waals surface area contributed by atoms with Crippen molar-refractivity contribution in [1.29, 1.82) is 0 Å². The van der Waals surface area contributed by atoms with Gasteiger partial charge in [-0.15, -0.1) is 0 Å². The second-order valence-electron chi connectivity index (χ2n) is 13.4. The molecule has 272 valence electrons. The number of ether oxygens (including phenoxy) is 3. The molecule has 2 amide bonds. The van der Waals surface area contributed by atoms with Gasteiger partial charge in [0.15, 0.2) is 0 Å². The van der Waals surface area contributed by atoms with Crippen molar-refractivity contribution in [2.45, 2.75) is 91.4 Å². The van der Waals surface area contributed by atoms with Crippen LogP contribution in [0.1, 0.15) is 75.2 Å². The number of anilines is 1. The number of carbonyl (C=O) groups excluding carboxylic acids is 2. The lowest BCUT2D eigenvalue weighted by Crippen LogP contribution is -2.42. The van der Waals surface area contributed by atoms with Crippen molar-refractivity contribution in [1.82, 2.24) is 19.7 Å². The molecule has 14 nitrogen and oxygen atoms in total. The monoisotopic (exact) mass is 732 g/mol. The number of pyridine rings is 1. The summed E-state index contributed by atoms with van der Waals surface area (Å²) in [7, 11) is -2.55. The molecule has 0 spiro atoms. The number of imide groups is 1. The van der Waals surface area contributed by atoms with E-state index in [4.69, 9.17) is 35.7 Å². The van der Waals surface area contributed by atoms with Gasteiger partial charge in [-0.05, 0) is 74.4 Å². The maximum absolute atomic E-state index is 13.2. The molecule has 0 atom stereocenters. The Balaban J connectivity index is 2.07. The Morgan fingerprint density at radius 1 is 1.00 bits per heavy atom. The standard InChI is InChI=1S/C34H45ClN6O8S/c1-20-12-14-24(15-13-20)50(44,45)47-17-16-25-27(30(36)40(39-25)19-26-22(3)28(46-11)21(2)18-37-26)29(35)38-23(4)41(31(42)48-33(5,6)7)32(43)49-34(8,9)10/h12-15,18H,4,16-17,19,36H2,1-3,5-11H3/b38-29+. The zero-order valence-electron chi connectivity index (χ0n) is 30.1. The van der Waals surface area contributed by atoms with Gasteiger partial charge < -0.3 is 19.9 Å². The number of hydrogen-bond donors (Lipinski definition) is 1. The van der Waals surface area contributed by atoms with E-state index in [0.29, 0.717) is 16.3 Å². The number of nitrogens with two attached hydrogens (primary N) is 1. The number of nitrogen functional groups attached to an aromatic ring is 1. The van der Waals surface area contributed by atoms with Crippen molar-refractivity contribution >= 4 is 44.9 Å². The predicted octanol–water partition coefficient (Wildman–Crippen LogP) is 6.42. The lowest BCUT2D eigenvalue weighted by molar-refractivity contribution is 0.00822. The number of methoxy groups -OCH3 is 1. The van der Waals surface area contributed by atoms with Gasteiger partial charge in [0, 0.05) is 23.7 Å². The van der Waals surface area contributed by atoms with Crippen molar-refractivity contribution in [3.8, 4) is 5.75 Å². The number of aromatic nitrogens is 3. The van der Waals surface area contributed by atoms with Gasteiger partial charge in [-0.2, -0.15) is 18.4 Å². The largest absolute Gasteiger partial charge is 0.496 e. The van der Waals surface area contributed by atoms with E-state index >= 15 is 0 Å². The molecule has 2 aromatic heterocycles. The van der Waals surface area contributed by atoms with Crippen molar-refractivity contribution in [3.63, 3.8) is 0 Å². The third-order valence-corrected chi connectivity index (χ3v) is 8.44. The molecule has 0 saturated heterocycles. The highest BCUT2D eigenvalue weighted by Gasteiger charge is 2.34. The molecule has 3 aromatic rings. The van der Waals surface area contributed by atoms with Crippen molar-refractivity contribution < 1.29 is 36.4 Å². The fourth-order valence-electron chi connectivity index (χ4n) is 4.56. The lowest BCUT2D eigenvalue weighted by Gasteiger charge is -2.28. The van der Waals surface area contributed by atoms with Crippen LogP contribution < -0.4 is 10.5 Å². The van der Waals surface area contributed by atoms with Crippen LogP contribution >= 0.6 is 11.6 Å². The molecule has 3 rings (SSSR count). The zero-order valence-corrected chi connectivity index (χ0v) is 31.7. The minimum absolute atomic E-state index is 0.0106. The number of benzene rings is 1. The van der Waals surface area contributed by atoms with Crippen molar-refractivity contribution in [3.05, 3.63) is 76.5 Å². The molecule has 2 heterocycles. The highest BCUT2D eigenvalue weighted by atomic mass is 35.5. The summed E-state index contributed by atoms with van der Waals surface area (Å²) in [6.45, 7) is 18.8. The summed E-state index contributed by atoms with van der Waals surface area (Å²) in [6.07, 6.45) is -0.620. The van der Waals surface area contributed by atoms with Gasteiger partial charge in [-0.3, -0.25) is 9.17 Å². The van der Waals surface area contributed by atoms with Gasteiger partial charge in [0.1, 0.15) is 33.8 Å². The molecule has 0 aliphatic heterocycles. The fraction of sp³-hybridized carbons (Fsp3) is 0.441. The van der Waals surface area contributed by atoms with Gasteiger partial charge >= 0.3 is 12.2 Å². The zero-order chi connectivity index (χ0) is 37.8. The van der Waals surface area contributed by atoms with Crippen LogP contribution in [0.2, 0.25) is 0 Å². The summed E-state index contributed by atoms with van der Waals surface area (Å²) in [5.41, 5.74) is 8.02. The molecule has 2 N–H and O–H groups in total. The molecule has 0 unspecified atom stereocenters. The molecule has 1 aromatic carbocycles. The molecule has 0 aliphatic rings. The molecule has 0 fully saturated rings. The van der Waals surface area contributed by atoms with Gasteiger partial charge in [-0.1, -0.05) is 35.9 Å². The minimum Gasteiger partial charge on any atom is -0.496 e. The second kappa shape index (κ2) is 15.6. The third-order valence-electron chi connectivity index (χ3n) is 6.84. The maximum atomic E-state index is 13.2. The van der Waals surface area contributed by atoms with Gasteiger partial charge in [0.2, 0.25) is 0 Å². The molecular weight excluding hydrogens is 688 g/mol. The first kappa shape index (κ1) is 40.0.